The number of ether oxygens (including phenoxy) is 1. The third-order valence-electron chi connectivity index (χ3n) is 5.05. The SMILES string of the molecule is COc1ccccc1-n1cc(C(=O)NCC(=O)Nc2ccc(F)cc2)c2ccccc2c1=O. The van der Waals surface area contributed by atoms with Crippen LogP contribution in [0.2, 0.25) is 0 Å². The maximum absolute atomic E-state index is 13.2. The van der Waals surface area contributed by atoms with Gasteiger partial charge in [-0.05, 0) is 42.5 Å². The summed E-state index contributed by atoms with van der Waals surface area (Å²) in [4.78, 5) is 38.4. The van der Waals surface area contributed by atoms with E-state index in [-0.39, 0.29) is 17.7 Å². The van der Waals surface area contributed by atoms with Crippen LogP contribution in [0.25, 0.3) is 16.5 Å². The molecular formula is C25H20FN3O4. The lowest BCUT2D eigenvalue weighted by atomic mass is 10.1. The van der Waals surface area contributed by atoms with Crippen LogP contribution in [0.4, 0.5) is 10.1 Å². The number of hydrogen-bond acceptors (Lipinski definition) is 4. The third-order valence-corrected chi connectivity index (χ3v) is 5.05. The Balaban J connectivity index is 1.64. The molecule has 0 unspecified atom stereocenters. The quantitative estimate of drug-likeness (QED) is 0.475. The van der Waals surface area contributed by atoms with Gasteiger partial charge in [0, 0.05) is 22.7 Å². The minimum absolute atomic E-state index is 0.227. The number of benzene rings is 3. The molecule has 0 saturated heterocycles. The van der Waals surface area contributed by atoms with Gasteiger partial charge < -0.3 is 15.4 Å². The van der Waals surface area contributed by atoms with Crippen molar-refractivity contribution in [3.05, 3.63) is 101 Å². The van der Waals surface area contributed by atoms with Crippen LogP contribution in [0, 0.1) is 5.82 Å². The summed E-state index contributed by atoms with van der Waals surface area (Å²) in [6, 6.07) is 19.0. The maximum atomic E-state index is 13.2. The maximum Gasteiger partial charge on any atom is 0.263 e. The van der Waals surface area contributed by atoms with E-state index in [0.717, 1.165) is 0 Å². The van der Waals surface area contributed by atoms with Gasteiger partial charge in [0.2, 0.25) is 5.91 Å². The predicted molar refractivity (Wildman–Crippen MR) is 123 cm³/mol. The monoisotopic (exact) mass is 445 g/mol. The standard InChI is InChI=1S/C25H20FN3O4/c1-33-22-9-5-4-8-21(22)29-15-20(18-6-2-3-7-19(18)25(29)32)24(31)27-14-23(30)28-17-12-10-16(26)11-13-17/h2-13,15H,14H2,1H3,(H,27,31)(H,28,30). The van der Waals surface area contributed by atoms with Gasteiger partial charge in [0.25, 0.3) is 11.5 Å². The number of aromatic nitrogens is 1. The highest BCUT2D eigenvalue weighted by Gasteiger charge is 2.17. The van der Waals surface area contributed by atoms with Gasteiger partial charge in [-0.25, -0.2) is 4.39 Å². The molecule has 0 bridgehead atoms. The van der Waals surface area contributed by atoms with E-state index in [0.29, 0.717) is 27.9 Å². The fraction of sp³-hybridized carbons (Fsp3) is 0.0800. The average molecular weight is 445 g/mol. The number of para-hydroxylation sites is 2. The van der Waals surface area contributed by atoms with Gasteiger partial charge in [-0.2, -0.15) is 0 Å². The summed E-state index contributed by atoms with van der Waals surface area (Å²) >= 11 is 0. The Hall–Kier alpha value is -4.46. The molecule has 1 aromatic heterocycles. The summed E-state index contributed by atoms with van der Waals surface area (Å²) in [5.74, 6) is -0.945. The lowest BCUT2D eigenvalue weighted by molar-refractivity contribution is -0.115. The zero-order chi connectivity index (χ0) is 23.4. The van der Waals surface area contributed by atoms with E-state index in [1.165, 1.54) is 42.1 Å². The van der Waals surface area contributed by atoms with Crippen molar-refractivity contribution < 1.29 is 18.7 Å². The van der Waals surface area contributed by atoms with Gasteiger partial charge in [-0.3, -0.25) is 19.0 Å². The molecule has 2 N–H and O–H groups in total. The number of pyridine rings is 1. The molecule has 0 atom stereocenters. The minimum Gasteiger partial charge on any atom is -0.495 e. The normalized spacial score (nSPS) is 10.6. The third kappa shape index (κ3) is 4.59. The fourth-order valence-corrected chi connectivity index (χ4v) is 3.47. The largest absolute Gasteiger partial charge is 0.495 e. The van der Waals surface area contributed by atoms with Crippen LogP contribution in [0.5, 0.6) is 5.75 Å². The Morgan fingerprint density at radius 1 is 0.939 bits per heavy atom. The number of hydrogen-bond donors (Lipinski definition) is 2. The van der Waals surface area contributed by atoms with E-state index < -0.39 is 17.6 Å². The molecule has 4 aromatic rings. The number of anilines is 1. The molecule has 0 spiro atoms. The topological polar surface area (TPSA) is 89.4 Å². The first kappa shape index (κ1) is 21.8. The van der Waals surface area contributed by atoms with Crippen molar-refractivity contribution in [2.75, 3.05) is 19.0 Å². The lowest BCUT2D eigenvalue weighted by Gasteiger charge is -2.15. The van der Waals surface area contributed by atoms with E-state index in [4.69, 9.17) is 4.74 Å². The van der Waals surface area contributed by atoms with E-state index in [9.17, 15) is 18.8 Å². The Bertz CT molecular complexity index is 1400. The van der Waals surface area contributed by atoms with Gasteiger partial charge in [0.15, 0.2) is 0 Å². The number of nitrogens with one attached hydrogen (secondary N) is 2. The molecule has 0 radical (unpaired) electrons. The summed E-state index contributed by atoms with van der Waals surface area (Å²) in [5.41, 5.74) is 0.816. The molecule has 0 aliphatic carbocycles. The molecule has 0 fully saturated rings. The second-order valence-electron chi connectivity index (χ2n) is 7.17. The van der Waals surface area contributed by atoms with Crippen molar-refractivity contribution in [1.82, 2.24) is 9.88 Å². The zero-order valence-corrected chi connectivity index (χ0v) is 17.7. The lowest BCUT2D eigenvalue weighted by Crippen LogP contribution is -2.34. The highest BCUT2D eigenvalue weighted by molar-refractivity contribution is 6.08. The zero-order valence-electron chi connectivity index (χ0n) is 17.7. The molecule has 3 aromatic carbocycles. The van der Waals surface area contributed by atoms with Crippen molar-refractivity contribution in [3.63, 3.8) is 0 Å². The molecule has 7 nitrogen and oxygen atoms in total. The summed E-state index contributed by atoms with van der Waals surface area (Å²) in [6.07, 6.45) is 1.44. The summed E-state index contributed by atoms with van der Waals surface area (Å²) in [6.45, 7) is -0.307. The summed E-state index contributed by atoms with van der Waals surface area (Å²) < 4.78 is 19.8. The molecule has 0 aliphatic rings. The second-order valence-corrected chi connectivity index (χ2v) is 7.17. The highest BCUT2D eigenvalue weighted by Crippen LogP contribution is 2.23. The molecule has 0 saturated carbocycles. The van der Waals surface area contributed by atoms with Crippen LogP contribution in [-0.2, 0) is 4.79 Å². The first-order valence-corrected chi connectivity index (χ1v) is 10.1. The number of methoxy groups -OCH3 is 1. The van der Waals surface area contributed by atoms with Gasteiger partial charge in [0.05, 0.1) is 24.9 Å². The number of halogens is 1. The van der Waals surface area contributed by atoms with E-state index in [1.54, 1.807) is 48.5 Å². The second kappa shape index (κ2) is 9.35. The van der Waals surface area contributed by atoms with Crippen molar-refractivity contribution in [2.45, 2.75) is 0 Å². The van der Waals surface area contributed by atoms with Crippen molar-refractivity contribution in [3.8, 4) is 11.4 Å². The average Bonchev–Trinajstić information content (AvgIpc) is 2.84. The number of carbonyl (C=O) groups is 2. The highest BCUT2D eigenvalue weighted by atomic mass is 19.1. The molecule has 8 heteroatoms. The Kier molecular flexibility index (Phi) is 6.17. The van der Waals surface area contributed by atoms with Crippen LogP contribution >= 0.6 is 0 Å². The number of amides is 2. The van der Waals surface area contributed by atoms with Crippen molar-refractivity contribution in [2.24, 2.45) is 0 Å². The molecule has 33 heavy (non-hydrogen) atoms. The van der Waals surface area contributed by atoms with E-state index in [2.05, 4.69) is 10.6 Å². The van der Waals surface area contributed by atoms with Gasteiger partial charge in [0.1, 0.15) is 11.6 Å². The summed E-state index contributed by atoms with van der Waals surface area (Å²) in [7, 11) is 1.50. The number of nitrogens with zero attached hydrogens (tertiary/aromatic N) is 1. The van der Waals surface area contributed by atoms with Crippen molar-refractivity contribution >= 4 is 28.3 Å². The van der Waals surface area contributed by atoms with Crippen molar-refractivity contribution in [1.29, 1.82) is 0 Å². The number of carbonyl (C=O) groups excluding carboxylic acids is 2. The van der Waals surface area contributed by atoms with Gasteiger partial charge >= 0.3 is 0 Å². The molecular weight excluding hydrogens is 425 g/mol. The number of rotatable bonds is 6. The van der Waals surface area contributed by atoms with Gasteiger partial charge in [-0.15, -0.1) is 0 Å². The van der Waals surface area contributed by atoms with Crippen LogP contribution in [0.3, 0.4) is 0 Å². The Morgan fingerprint density at radius 2 is 1.61 bits per heavy atom. The fourth-order valence-electron chi connectivity index (χ4n) is 3.47. The van der Waals surface area contributed by atoms with Crippen LogP contribution in [0.1, 0.15) is 10.4 Å². The Labute approximate surface area is 188 Å². The van der Waals surface area contributed by atoms with E-state index in [1.807, 2.05) is 0 Å². The van der Waals surface area contributed by atoms with Crippen LogP contribution in [-0.4, -0.2) is 30.0 Å². The molecule has 4 rings (SSSR count). The van der Waals surface area contributed by atoms with E-state index >= 15 is 0 Å². The van der Waals surface area contributed by atoms with Gasteiger partial charge in [-0.1, -0.05) is 30.3 Å². The molecule has 1 heterocycles. The molecule has 166 valence electrons. The van der Waals surface area contributed by atoms with Crippen LogP contribution < -0.4 is 20.9 Å². The minimum atomic E-state index is -0.524. The number of fused-ring (bicyclic) bond motifs is 1. The smallest absolute Gasteiger partial charge is 0.263 e. The molecule has 2 amide bonds. The summed E-state index contributed by atoms with van der Waals surface area (Å²) in [5, 5.41) is 5.98. The molecule has 0 aliphatic heterocycles. The van der Waals surface area contributed by atoms with Crippen LogP contribution in [0.15, 0.2) is 83.8 Å². The predicted octanol–water partition coefficient (Wildman–Crippen LogP) is 3.51. The first-order valence-electron chi connectivity index (χ1n) is 10.1. The Morgan fingerprint density at radius 3 is 2.33 bits per heavy atom. The first-order chi connectivity index (χ1) is 16.0.